The van der Waals surface area contributed by atoms with Gasteiger partial charge < -0.3 is 5.73 Å². The first-order valence-corrected chi connectivity index (χ1v) is 8.73. The third kappa shape index (κ3) is 2.98. The van der Waals surface area contributed by atoms with Crippen LogP contribution >= 0.6 is 22.9 Å². The van der Waals surface area contributed by atoms with Gasteiger partial charge in [-0.1, -0.05) is 30.7 Å². The van der Waals surface area contributed by atoms with Gasteiger partial charge in [0.05, 0.1) is 10.7 Å². The van der Waals surface area contributed by atoms with Crippen molar-refractivity contribution in [3.8, 4) is 0 Å². The molecule has 1 heterocycles. The van der Waals surface area contributed by atoms with E-state index in [4.69, 9.17) is 17.3 Å². The zero-order chi connectivity index (χ0) is 14.8. The van der Waals surface area contributed by atoms with Gasteiger partial charge in [0, 0.05) is 18.0 Å². The summed E-state index contributed by atoms with van der Waals surface area (Å²) >= 11 is 7.53. The molecule has 0 aliphatic carbocycles. The van der Waals surface area contributed by atoms with Crippen LogP contribution in [0.1, 0.15) is 11.8 Å². The van der Waals surface area contributed by atoms with Gasteiger partial charge in [-0.15, -0.1) is 11.3 Å². The molecule has 0 saturated heterocycles. The van der Waals surface area contributed by atoms with Gasteiger partial charge in [0.25, 0.3) is 0 Å². The van der Waals surface area contributed by atoms with E-state index in [9.17, 15) is 8.42 Å². The topological polar surface area (TPSA) is 63.4 Å². The Hall–Kier alpha value is -1.08. The molecule has 108 valence electrons. The molecule has 1 aromatic heterocycles. The number of halogens is 1. The first kappa shape index (κ1) is 15.3. The fourth-order valence-electron chi connectivity index (χ4n) is 1.87. The number of anilines is 1. The van der Waals surface area contributed by atoms with Crippen molar-refractivity contribution in [1.29, 1.82) is 0 Å². The molecule has 0 unspecified atom stereocenters. The second-order valence-corrected chi connectivity index (χ2v) is 7.48. The van der Waals surface area contributed by atoms with E-state index >= 15 is 0 Å². The number of thiophene rings is 1. The molecule has 20 heavy (non-hydrogen) atoms. The number of benzene rings is 1. The van der Waals surface area contributed by atoms with E-state index in [2.05, 4.69) is 0 Å². The van der Waals surface area contributed by atoms with Gasteiger partial charge in [0.2, 0.25) is 10.0 Å². The van der Waals surface area contributed by atoms with Crippen LogP contribution in [0.2, 0.25) is 5.02 Å². The number of nitrogens with zero attached hydrogens (tertiary/aromatic N) is 1. The molecule has 2 N–H and O–H groups in total. The third-order valence-corrected chi connectivity index (χ3v) is 6.19. The van der Waals surface area contributed by atoms with Crippen molar-refractivity contribution < 1.29 is 8.42 Å². The van der Waals surface area contributed by atoms with Gasteiger partial charge in [0.1, 0.15) is 4.90 Å². The van der Waals surface area contributed by atoms with Crippen LogP contribution in [-0.4, -0.2) is 19.3 Å². The molecule has 0 aliphatic rings. The Kier molecular flexibility index (Phi) is 4.70. The van der Waals surface area contributed by atoms with Gasteiger partial charge in [0.15, 0.2) is 0 Å². The summed E-state index contributed by atoms with van der Waals surface area (Å²) in [6, 6.07) is 8.50. The number of hydrogen-bond donors (Lipinski definition) is 1. The van der Waals surface area contributed by atoms with Gasteiger partial charge in [-0.25, -0.2) is 8.42 Å². The Labute approximate surface area is 127 Å². The van der Waals surface area contributed by atoms with Gasteiger partial charge >= 0.3 is 0 Å². The summed E-state index contributed by atoms with van der Waals surface area (Å²) in [5.74, 6) is 0. The second-order valence-electron chi connectivity index (χ2n) is 4.17. The van der Waals surface area contributed by atoms with Crippen LogP contribution in [0, 0.1) is 0 Å². The van der Waals surface area contributed by atoms with Gasteiger partial charge in [-0.2, -0.15) is 4.31 Å². The highest BCUT2D eigenvalue weighted by atomic mass is 35.5. The molecule has 0 radical (unpaired) electrons. The molecule has 2 aromatic rings. The summed E-state index contributed by atoms with van der Waals surface area (Å²) in [7, 11) is -3.71. The van der Waals surface area contributed by atoms with E-state index in [-0.39, 0.29) is 15.6 Å². The highest BCUT2D eigenvalue weighted by Gasteiger charge is 2.28. The Bertz CT molecular complexity index is 664. The molecule has 0 saturated carbocycles. The SMILES string of the molecule is CCN(Cc1cccs1)S(=O)(=O)c1c(N)cccc1Cl. The summed E-state index contributed by atoms with van der Waals surface area (Å²) in [5, 5.41) is 2.06. The largest absolute Gasteiger partial charge is 0.398 e. The second kappa shape index (κ2) is 6.13. The molecular formula is C13H15ClN2O2S2. The summed E-state index contributed by atoms with van der Waals surface area (Å²) in [4.78, 5) is 0.959. The highest BCUT2D eigenvalue weighted by Crippen LogP contribution is 2.30. The molecule has 0 fully saturated rings. The minimum atomic E-state index is -3.71. The summed E-state index contributed by atoms with van der Waals surface area (Å²) in [5.41, 5.74) is 5.95. The highest BCUT2D eigenvalue weighted by molar-refractivity contribution is 7.89. The van der Waals surface area contributed by atoms with Crippen molar-refractivity contribution in [2.45, 2.75) is 18.4 Å². The maximum Gasteiger partial charge on any atom is 0.246 e. The molecule has 1 aromatic carbocycles. The average Bonchev–Trinajstić information content (AvgIpc) is 2.88. The van der Waals surface area contributed by atoms with Crippen LogP contribution < -0.4 is 5.73 Å². The Morgan fingerprint density at radius 1 is 1.30 bits per heavy atom. The maximum atomic E-state index is 12.7. The van der Waals surface area contributed by atoms with Crippen molar-refractivity contribution in [2.75, 3.05) is 12.3 Å². The quantitative estimate of drug-likeness (QED) is 0.856. The van der Waals surface area contributed by atoms with Crippen LogP contribution in [0.4, 0.5) is 5.69 Å². The first-order valence-electron chi connectivity index (χ1n) is 6.03. The summed E-state index contributed by atoms with van der Waals surface area (Å²) < 4.78 is 26.8. The van der Waals surface area contributed by atoms with Crippen molar-refractivity contribution >= 4 is 38.6 Å². The van der Waals surface area contributed by atoms with Crippen molar-refractivity contribution in [1.82, 2.24) is 4.31 Å². The zero-order valence-corrected chi connectivity index (χ0v) is 13.3. The van der Waals surface area contributed by atoms with Crippen LogP contribution in [0.15, 0.2) is 40.6 Å². The lowest BCUT2D eigenvalue weighted by atomic mass is 10.3. The molecule has 0 bridgehead atoms. The Morgan fingerprint density at radius 2 is 2.05 bits per heavy atom. The third-order valence-electron chi connectivity index (χ3n) is 2.86. The van der Waals surface area contributed by atoms with Crippen LogP contribution in [-0.2, 0) is 16.6 Å². The molecule has 0 aliphatic heterocycles. The Morgan fingerprint density at radius 3 is 2.60 bits per heavy atom. The first-order chi connectivity index (χ1) is 9.46. The number of rotatable bonds is 5. The number of sulfonamides is 1. The lowest BCUT2D eigenvalue weighted by Gasteiger charge is -2.21. The van der Waals surface area contributed by atoms with E-state index in [1.165, 1.54) is 27.8 Å². The number of hydrogen-bond acceptors (Lipinski definition) is 4. The van der Waals surface area contributed by atoms with Crippen LogP contribution in [0.5, 0.6) is 0 Å². The molecule has 2 rings (SSSR count). The monoisotopic (exact) mass is 330 g/mol. The van der Waals surface area contributed by atoms with E-state index in [0.717, 1.165) is 4.88 Å². The number of nitrogen functional groups attached to an aromatic ring is 1. The average molecular weight is 331 g/mol. The van der Waals surface area contributed by atoms with E-state index in [1.807, 2.05) is 17.5 Å². The molecule has 0 amide bonds. The predicted octanol–water partition coefficient (Wildman–Crippen LogP) is 3.19. The van der Waals surface area contributed by atoms with E-state index in [0.29, 0.717) is 13.1 Å². The fraction of sp³-hybridized carbons (Fsp3) is 0.231. The predicted molar refractivity (Wildman–Crippen MR) is 83.5 cm³/mol. The Balaban J connectivity index is 2.42. The van der Waals surface area contributed by atoms with Crippen molar-refractivity contribution in [3.63, 3.8) is 0 Å². The normalized spacial score (nSPS) is 11.9. The van der Waals surface area contributed by atoms with Gasteiger partial charge in [-0.05, 0) is 23.6 Å². The zero-order valence-electron chi connectivity index (χ0n) is 10.9. The lowest BCUT2D eigenvalue weighted by molar-refractivity contribution is 0.426. The minimum Gasteiger partial charge on any atom is -0.398 e. The van der Waals surface area contributed by atoms with E-state index < -0.39 is 10.0 Å². The standard InChI is InChI=1S/C13H15ClN2O2S2/c1-2-16(9-10-5-4-8-19-10)20(17,18)13-11(14)6-3-7-12(13)15/h3-8H,2,9,15H2,1H3. The maximum absolute atomic E-state index is 12.7. The van der Waals surface area contributed by atoms with Gasteiger partial charge in [-0.3, -0.25) is 0 Å². The van der Waals surface area contributed by atoms with Crippen molar-refractivity contribution in [2.24, 2.45) is 0 Å². The van der Waals surface area contributed by atoms with Crippen LogP contribution in [0.25, 0.3) is 0 Å². The summed E-state index contributed by atoms with van der Waals surface area (Å²) in [6.07, 6.45) is 0. The molecular weight excluding hydrogens is 316 g/mol. The molecule has 0 atom stereocenters. The van der Waals surface area contributed by atoms with E-state index in [1.54, 1.807) is 13.0 Å². The molecule has 7 heteroatoms. The van der Waals surface area contributed by atoms with Crippen molar-refractivity contribution in [3.05, 3.63) is 45.6 Å². The molecule has 0 spiro atoms. The fourth-order valence-corrected chi connectivity index (χ4v) is 4.73. The smallest absolute Gasteiger partial charge is 0.246 e. The lowest BCUT2D eigenvalue weighted by Crippen LogP contribution is -2.31. The molecule has 4 nitrogen and oxygen atoms in total. The number of nitrogens with two attached hydrogens (primary N) is 1. The minimum absolute atomic E-state index is 0.0138. The summed E-state index contributed by atoms with van der Waals surface area (Å²) in [6.45, 7) is 2.46. The van der Waals surface area contributed by atoms with Crippen LogP contribution in [0.3, 0.4) is 0 Å².